The minimum atomic E-state index is 0.548. The molecule has 3 nitrogen and oxygen atoms in total. The lowest BCUT2D eigenvalue weighted by Crippen LogP contribution is -1.95. The number of benzene rings is 1. The summed E-state index contributed by atoms with van der Waals surface area (Å²) in [7, 11) is 0. The summed E-state index contributed by atoms with van der Waals surface area (Å²) in [6.45, 7) is 0.548. The summed E-state index contributed by atoms with van der Waals surface area (Å²) < 4.78 is 10.4. The molecular formula is C11H11NO2. The molecular weight excluding hydrogens is 178 g/mol. The molecule has 0 radical (unpaired) electrons. The van der Waals surface area contributed by atoms with Crippen molar-refractivity contribution < 1.29 is 9.15 Å². The molecule has 0 unspecified atom stereocenters. The Kier molecular flexibility index (Phi) is 2.51. The lowest BCUT2D eigenvalue weighted by Gasteiger charge is -2.02. The second kappa shape index (κ2) is 3.98. The molecule has 1 heterocycles. The maximum atomic E-state index is 5.48. The van der Waals surface area contributed by atoms with E-state index in [9.17, 15) is 0 Å². The van der Waals surface area contributed by atoms with Crippen molar-refractivity contribution in [3.63, 3.8) is 0 Å². The highest BCUT2D eigenvalue weighted by atomic mass is 16.5. The molecule has 0 bridgehead atoms. The molecule has 1 aromatic carbocycles. The molecule has 0 aliphatic rings. The number of rotatable bonds is 3. The van der Waals surface area contributed by atoms with Crippen molar-refractivity contribution in [2.24, 2.45) is 5.73 Å². The molecule has 3 heteroatoms. The smallest absolute Gasteiger partial charge is 0.165 e. The van der Waals surface area contributed by atoms with Gasteiger partial charge in [0, 0.05) is 12.6 Å². The van der Waals surface area contributed by atoms with Crippen LogP contribution in [0.15, 0.2) is 47.3 Å². The first-order chi connectivity index (χ1) is 6.88. The van der Waals surface area contributed by atoms with Gasteiger partial charge in [-0.15, -0.1) is 0 Å². The highest BCUT2D eigenvalue weighted by Crippen LogP contribution is 2.21. The van der Waals surface area contributed by atoms with E-state index in [1.54, 1.807) is 18.6 Å². The Hall–Kier alpha value is -1.74. The highest BCUT2D eigenvalue weighted by molar-refractivity contribution is 5.31. The molecule has 72 valence electrons. The number of hydrogen-bond acceptors (Lipinski definition) is 3. The van der Waals surface area contributed by atoms with Gasteiger partial charge in [0.05, 0.1) is 6.26 Å². The van der Waals surface area contributed by atoms with Gasteiger partial charge in [0.25, 0.3) is 0 Å². The van der Waals surface area contributed by atoms with Gasteiger partial charge >= 0.3 is 0 Å². The van der Waals surface area contributed by atoms with Crippen LogP contribution in [-0.2, 0) is 6.54 Å². The van der Waals surface area contributed by atoms with Crippen molar-refractivity contribution in [3.05, 3.63) is 48.4 Å². The quantitative estimate of drug-likeness (QED) is 0.807. The van der Waals surface area contributed by atoms with Crippen LogP contribution in [0.1, 0.15) is 5.56 Å². The molecule has 0 saturated carbocycles. The molecule has 0 fully saturated rings. The van der Waals surface area contributed by atoms with Crippen LogP contribution in [0.25, 0.3) is 0 Å². The van der Waals surface area contributed by atoms with E-state index in [0.29, 0.717) is 12.3 Å². The standard InChI is InChI=1S/C11H11NO2/c12-7-9-1-3-10(4-2-9)14-11-5-6-13-8-11/h1-6,8H,7,12H2. The number of nitrogens with two attached hydrogens (primary N) is 1. The molecule has 2 N–H and O–H groups in total. The number of furan rings is 1. The molecule has 2 aromatic rings. The molecule has 14 heavy (non-hydrogen) atoms. The van der Waals surface area contributed by atoms with E-state index < -0.39 is 0 Å². The third kappa shape index (κ3) is 1.95. The van der Waals surface area contributed by atoms with Crippen LogP contribution in [0.3, 0.4) is 0 Å². The van der Waals surface area contributed by atoms with Crippen LogP contribution in [0, 0.1) is 0 Å². The van der Waals surface area contributed by atoms with E-state index in [2.05, 4.69) is 0 Å². The summed E-state index contributed by atoms with van der Waals surface area (Å²) in [6, 6.07) is 9.41. The summed E-state index contributed by atoms with van der Waals surface area (Å²) >= 11 is 0. The lowest BCUT2D eigenvalue weighted by atomic mass is 10.2. The number of ether oxygens (including phenoxy) is 1. The second-order valence-corrected chi connectivity index (χ2v) is 2.91. The van der Waals surface area contributed by atoms with E-state index in [4.69, 9.17) is 14.9 Å². The first-order valence-corrected chi connectivity index (χ1v) is 4.37. The van der Waals surface area contributed by atoms with Gasteiger partial charge in [0.15, 0.2) is 5.75 Å². The van der Waals surface area contributed by atoms with E-state index in [1.165, 1.54) is 0 Å². The Morgan fingerprint density at radius 1 is 1.07 bits per heavy atom. The third-order valence-corrected chi connectivity index (χ3v) is 1.89. The first-order valence-electron chi connectivity index (χ1n) is 4.37. The fourth-order valence-electron chi connectivity index (χ4n) is 1.14. The zero-order valence-electron chi connectivity index (χ0n) is 7.64. The van der Waals surface area contributed by atoms with E-state index in [0.717, 1.165) is 11.3 Å². The van der Waals surface area contributed by atoms with Gasteiger partial charge < -0.3 is 14.9 Å². The van der Waals surface area contributed by atoms with Gasteiger partial charge in [-0.2, -0.15) is 0 Å². The van der Waals surface area contributed by atoms with Crippen molar-refractivity contribution >= 4 is 0 Å². The predicted octanol–water partition coefficient (Wildman–Crippen LogP) is 2.53. The molecule has 0 atom stereocenters. The molecule has 2 rings (SSSR count). The fraction of sp³-hybridized carbons (Fsp3) is 0.0909. The van der Waals surface area contributed by atoms with Crippen molar-refractivity contribution in [2.75, 3.05) is 0 Å². The molecule has 0 amide bonds. The topological polar surface area (TPSA) is 48.4 Å². The Labute approximate surface area is 82.1 Å². The molecule has 0 saturated heterocycles. The zero-order valence-corrected chi connectivity index (χ0v) is 7.64. The Bertz CT molecular complexity index is 378. The third-order valence-electron chi connectivity index (χ3n) is 1.89. The van der Waals surface area contributed by atoms with E-state index >= 15 is 0 Å². The van der Waals surface area contributed by atoms with Crippen LogP contribution >= 0.6 is 0 Å². The maximum absolute atomic E-state index is 5.48. The van der Waals surface area contributed by atoms with E-state index in [1.807, 2.05) is 24.3 Å². The monoisotopic (exact) mass is 189 g/mol. The van der Waals surface area contributed by atoms with Gasteiger partial charge in [0.1, 0.15) is 12.0 Å². The Morgan fingerprint density at radius 3 is 2.43 bits per heavy atom. The van der Waals surface area contributed by atoms with Crippen LogP contribution in [-0.4, -0.2) is 0 Å². The Balaban J connectivity index is 2.10. The molecule has 0 aliphatic carbocycles. The molecule has 0 spiro atoms. The molecule has 1 aromatic heterocycles. The summed E-state index contributed by atoms with van der Waals surface area (Å²) in [4.78, 5) is 0. The maximum Gasteiger partial charge on any atom is 0.165 e. The van der Waals surface area contributed by atoms with Crippen molar-refractivity contribution in [1.82, 2.24) is 0 Å². The van der Waals surface area contributed by atoms with Gasteiger partial charge in [-0.05, 0) is 17.7 Å². The fourth-order valence-corrected chi connectivity index (χ4v) is 1.14. The van der Waals surface area contributed by atoms with Crippen LogP contribution in [0.2, 0.25) is 0 Å². The largest absolute Gasteiger partial charge is 0.469 e. The van der Waals surface area contributed by atoms with Crippen molar-refractivity contribution in [1.29, 1.82) is 0 Å². The predicted molar refractivity (Wildman–Crippen MR) is 53.1 cm³/mol. The SMILES string of the molecule is NCc1ccc(Oc2ccoc2)cc1. The van der Waals surface area contributed by atoms with Crippen LogP contribution in [0.4, 0.5) is 0 Å². The van der Waals surface area contributed by atoms with Gasteiger partial charge in [0.2, 0.25) is 0 Å². The van der Waals surface area contributed by atoms with Gasteiger partial charge in [-0.3, -0.25) is 0 Å². The highest BCUT2D eigenvalue weighted by Gasteiger charge is 1.97. The average molecular weight is 189 g/mol. The van der Waals surface area contributed by atoms with Crippen LogP contribution < -0.4 is 10.5 Å². The normalized spacial score (nSPS) is 10.1. The first kappa shape index (κ1) is 8.84. The summed E-state index contributed by atoms with van der Waals surface area (Å²) in [5.41, 5.74) is 6.57. The molecule has 0 aliphatic heterocycles. The zero-order chi connectivity index (χ0) is 9.80. The summed E-state index contributed by atoms with van der Waals surface area (Å²) in [6.07, 6.45) is 3.13. The van der Waals surface area contributed by atoms with Crippen LogP contribution in [0.5, 0.6) is 11.5 Å². The number of hydrogen-bond donors (Lipinski definition) is 1. The summed E-state index contributed by atoms with van der Waals surface area (Å²) in [5, 5.41) is 0. The Morgan fingerprint density at radius 2 is 1.86 bits per heavy atom. The van der Waals surface area contributed by atoms with Gasteiger partial charge in [-0.1, -0.05) is 12.1 Å². The second-order valence-electron chi connectivity index (χ2n) is 2.91. The van der Waals surface area contributed by atoms with Gasteiger partial charge in [-0.25, -0.2) is 0 Å². The lowest BCUT2D eigenvalue weighted by molar-refractivity contribution is 0.466. The van der Waals surface area contributed by atoms with Crippen molar-refractivity contribution in [3.8, 4) is 11.5 Å². The minimum absolute atomic E-state index is 0.548. The van der Waals surface area contributed by atoms with E-state index in [-0.39, 0.29) is 0 Å². The minimum Gasteiger partial charge on any atom is -0.469 e. The van der Waals surface area contributed by atoms with Crippen molar-refractivity contribution in [2.45, 2.75) is 6.54 Å². The average Bonchev–Trinajstić information content (AvgIpc) is 2.72. The summed E-state index contributed by atoms with van der Waals surface area (Å²) in [5.74, 6) is 1.48.